The van der Waals surface area contributed by atoms with Crippen LogP contribution in [0, 0.1) is 5.82 Å². The zero-order valence-corrected chi connectivity index (χ0v) is 14.2. The predicted molar refractivity (Wildman–Crippen MR) is 88.2 cm³/mol. The predicted octanol–water partition coefficient (Wildman–Crippen LogP) is 3.62. The minimum absolute atomic E-state index is 0.0501. The second-order valence-corrected chi connectivity index (χ2v) is 5.27. The summed E-state index contributed by atoms with van der Waals surface area (Å²) in [5.74, 6) is -2.26. The van der Waals surface area contributed by atoms with Gasteiger partial charge >= 0.3 is 11.9 Å². The molecule has 2 rings (SSSR count). The molecule has 0 fully saturated rings. The molecule has 1 aliphatic heterocycles. The van der Waals surface area contributed by atoms with Crippen LogP contribution in [0.25, 0.3) is 0 Å². The van der Waals surface area contributed by atoms with E-state index in [9.17, 15) is 14.0 Å². The van der Waals surface area contributed by atoms with Crippen molar-refractivity contribution in [2.75, 3.05) is 19.1 Å². The first kappa shape index (κ1) is 18.0. The molecule has 5 nitrogen and oxygen atoms in total. The van der Waals surface area contributed by atoms with Gasteiger partial charge in [0.1, 0.15) is 11.5 Å². The van der Waals surface area contributed by atoms with Gasteiger partial charge in [-0.15, -0.1) is 0 Å². The van der Waals surface area contributed by atoms with E-state index in [0.29, 0.717) is 0 Å². The molecule has 0 spiro atoms. The van der Waals surface area contributed by atoms with E-state index < -0.39 is 17.8 Å². The van der Waals surface area contributed by atoms with Crippen LogP contribution in [0.2, 0.25) is 10.0 Å². The minimum Gasteiger partial charge on any atom is -0.465 e. The molecule has 24 heavy (non-hydrogen) atoms. The molecule has 0 radical (unpaired) electrons. The number of nitrogens with zero attached hydrogens (tertiary/aromatic N) is 1. The maximum absolute atomic E-state index is 13.5. The third-order valence-electron chi connectivity index (χ3n) is 3.16. The summed E-state index contributed by atoms with van der Waals surface area (Å²) >= 11 is 11.9. The van der Waals surface area contributed by atoms with Gasteiger partial charge in [0.05, 0.1) is 35.5 Å². The van der Waals surface area contributed by atoms with Crippen molar-refractivity contribution in [1.29, 1.82) is 0 Å². The second kappa shape index (κ2) is 7.51. The lowest BCUT2D eigenvalue weighted by atomic mass is 10.1. The average molecular weight is 372 g/mol. The van der Waals surface area contributed by atoms with Crippen LogP contribution in [0.1, 0.15) is 0 Å². The van der Waals surface area contributed by atoms with Crippen molar-refractivity contribution >= 4 is 40.8 Å². The van der Waals surface area contributed by atoms with E-state index in [4.69, 9.17) is 32.7 Å². The lowest BCUT2D eigenvalue weighted by Crippen LogP contribution is -2.27. The van der Waals surface area contributed by atoms with Crippen LogP contribution in [0.4, 0.5) is 10.1 Å². The van der Waals surface area contributed by atoms with Gasteiger partial charge in [0.2, 0.25) is 0 Å². The van der Waals surface area contributed by atoms with E-state index in [-0.39, 0.29) is 27.0 Å². The lowest BCUT2D eigenvalue weighted by Gasteiger charge is -2.24. The summed E-state index contributed by atoms with van der Waals surface area (Å²) in [5.41, 5.74) is 0.00890. The zero-order valence-electron chi connectivity index (χ0n) is 12.7. The number of benzene rings is 1. The lowest BCUT2D eigenvalue weighted by molar-refractivity contribution is -0.139. The molecule has 8 heteroatoms. The molecular formula is C16H12Cl2FNO4. The number of rotatable bonds is 3. The summed E-state index contributed by atoms with van der Waals surface area (Å²) in [6.45, 7) is 0. The Labute approximate surface area is 147 Å². The Kier molecular flexibility index (Phi) is 5.64. The van der Waals surface area contributed by atoms with Gasteiger partial charge in [-0.1, -0.05) is 29.3 Å². The van der Waals surface area contributed by atoms with Gasteiger partial charge in [-0.05, 0) is 24.3 Å². The third-order valence-corrected chi connectivity index (χ3v) is 4.01. The molecule has 1 aromatic carbocycles. The van der Waals surface area contributed by atoms with Crippen molar-refractivity contribution in [1.82, 2.24) is 0 Å². The molecule has 0 atom stereocenters. The van der Waals surface area contributed by atoms with Crippen LogP contribution in [-0.2, 0) is 19.1 Å². The molecule has 1 aliphatic rings. The summed E-state index contributed by atoms with van der Waals surface area (Å²) < 4.78 is 23.0. The van der Waals surface area contributed by atoms with Gasteiger partial charge in [-0.25, -0.2) is 14.0 Å². The largest absolute Gasteiger partial charge is 0.465 e. The second-order valence-electron chi connectivity index (χ2n) is 4.51. The van der Waals surface area contributed by atoms with Crippen molar-refractivity contribution in [3.05, 3.63) is 63.7 Å². The standard InChI is InChI=1S/C16H12Cl2FNO4/c1-23-15(21)9-5-3-4-8-20(14(9)16(22)24-2)11-7-6-10(19)12(17)13(11)18/h3-8H,1-2H3. The molecule has 0 saturated carbocycles. The van der Waals surface area contributed by atoms with Crippen molar-refractivity contribution in [2.24, 2.45) is 0 Å². The quantitative estimate of drug-likeness (QED) is 0.599. The van der Waals surface area contributed by atoms with E-state index in [1.165, 1.54) is 43.5 Å². The third kappa shape index (κ3) is 3.29. The van der Waals surface area contributed by atoms with E-state index in [1.54, 1.807) is 6.08 Å². The van der Waals surface area contributed by atoms with Crippen LogP contribution >= 0.6 is 23.2 Å². The number of hydrogen-bond acceptors (Lipinski definition) is 5. The first-order chi connectivity index (χ1) is 11.4. The first-order valence-electron chi connectivity index (χ1n) is 6.60. The van der Waals surface area contributed by atoms with Gasteiger partial charge in [-0.3, -0.25) is 0 Å². The Morgan fingerprint density at radius 3 is 2.33 bits per heavy atom. The summed E-state index contributed by atoms with van der Waals surface area (Å²) in [6.07, 6.45) is 5.96. The molecule has 0 aliphatic carbocycles. The smallest absolute Gasteiger partial charge is 0.355 e. The topological polar surface area (TPSA) is 55.8 Å². The Balaban J connectivity index is 2.73. The van der Waals surface area contributed by atoms with Crippen molar-refractivity contribution in [3.63, 3.8) is 0 Å². The van der Waals surface area contributed by atoms with Crippen molar-refractivity contribution < 1.29 is 23.5 Å². The summed E-state index contributed by atoms with van der Waals surface area (Å²) in [7, 11) is 2.35. The summed E-state index contributed by atoms with van der Waals surface area (Å²) in [6, 6.07) is 2.43. The molecule has 0 amide bonds. The normalized spacial score (nSPS) is 13.8. The molecule has 0 unspecified atom stereocenters. The number of allylic oxidation sites excluding steroid dienone is 2. The van der Waals surface area contributed by atoms with E-state index in [1.807, 2.05) is 0 Å². The number of carbonyl (C=O) groups is 2. The van der Waals surface area contributed by atoms with Gasteiger partial charge in [-0.2, -0.15) is 0 Å². The number of anilines is 1. The van der Waals surface area contributed by atoms with Crippen LogP contribution in [0.5, 0.6) is 0 Å². The Morgan fingerprint density at radius 2 is 1.71 bits per heavy atom. The molecule has 126 valence electrons. The zero-order chi connectivity index (χ0) is 17.9. The Morgan fingerprint density at radius 1 is 1.04 bits per heavy atom. The van der Waals surface area contributed by atoms with E-state index in [2.05, 4.69) is 0 Å². The Hall–Kier alpha value is -2.31. The first-order valence-corrected chi connectivity index (χ1v) is 7.36. The highest BCUT2D eigenvalue weighted by atomic mass is 35.5. The van der Waals surface area contributed by atoms with E-state index >= 15 is 0 Å². The fourth-order valence-corrected chi connectivity index (χ4v) is 2.46. The SMILES string of the molecule is COC(=O)C1=C(C(=O)OC)N(c2ccc(F)c(Cl)c2Cl)C=CC=C1. The monoisotopic (exact) mass is 371 g/mol. The van der Waals surface area contributed by atoms with Crippen LogP contribution < -0.4 is 4.90 Å². The maximum Gasteiger partial charge on any atom is 0.355 e. The van der Waals surface area contributed by atoms with Crippen molar-refractivity contribution in [3.8, 4) is 0 Å². The highest BCUT2D eigenvalue weighted by molar-refractivity contribution is 6.44. The number of methoxy groups -OCH3 is 2. The minimum atomic E-state index is -0.803. The summed E-state index contributed by atoms with van der Waals surface area (Å²) in [5, 5.41) is -0.419. The van der Waals surface area contributed by atoms with Crippen LogP contribution in [0.15, 0.2) is 47.8 Å². The molecule has 0 saturated heterocycles. The summed E-state index contributed by atoms with van der Waals surface area (Å²) in [4.78, 5) is 25.6. The average Bonchev–Trinajstić information content (AvgIpc) is 2.81. The molecule has 0 aromatic heterocycles. The molecule has 0 N–H and O–H groups in total. The van der Waals surface area contributed by atoms with Gasteiger partial charge in [0, 0.05) is 6.20 Å². The number of hydrogen-bond donors (Lipinski definition) is 0. The van der Waals surface area contributed by atoms with Crippen LogP contribution in [-0.4, -0.2) is 26.2 Å². The highest BCUT2D eigenvalue weighted by Crippen LogP contribution is 2.37. The maximum atomic E-state index is 13.5. The Bertz CT molecular complexity index is 787. The van der Waals surface area contributed by atoms with E-state index in [0.717, 1.165) is 6.07 Å². The number of carbonyl (C=O) groups excluding carboxylic acids is 2. The van der Waals surface area contributed by atoms with Gasteiger partial charge in [0.25, 0.3) is 0 Å². The number of esters is 2. The van der Waals surface area contributed by atoms with Gasteiger partial charge in [0.15, 0.2) is 0 Å². The molecular weight excluding hydrogens is 360 g/mol. The fourth-order valence-electron chi connectivity index (χ4n) is 2.05. The fraction of sp³-hybridized carbons (Fsp3) is 0.125. The highest BCUT2D eigenvalue weighted by Gasteiger charge is 2.29. The number of halogens is 3. The van der Waals surface area contributed by atoms with Gasteiger partial charge < -0.3 is 14.4 Å². The number of ether oxygens (including phenoxy) is 2. The molecule has 1 aromatic rings. The van der Waals surface area contributed by atoms with Crippen LogP contribution in [0.3, 0.4) is 0 Å². The molecule has 0 bridgehead atoms. The molecule has 1 heterocycles. The van der Waals surface area contributed by atoms with Crippen molar-refractivity contribution in [2.45, 2.75) is 0 Å².